The molecule has 3 fully saturated rings. The van der Waals surface area contributed by atoms with Crippen molar-refractivity contribution in [2.24, 2.45) is 16.8 Å². The minimum atomic E-state index is -0.626. The molecule has 0 radical (unpaired) electrons. The Kier molecular flexibility index (Phi) is 24.0. The maximum absolute atomic E-state index is 11.3. The van der Waals surface area contributed by atoms with E-state index in [-0.39, 0.29) is 38.3 Å². The topological polar surface area (TPSA) is 231 Å². The zero-order valence-corrected chi connectivity index (χ0v) is 30.8. The summed E-state index contributed by atoms with van der Waals surface area (Å²) >= 11 is 0. The van der Waals surface area contributed by atoms with E-state index in [1.54, 1.807) is 0 Å². The van der Waals surface area contributed by atoms with Gasteiger partial charge in [-0.25, -0.2) is 31.1 Å². The Balaban J connectivity index is 0.000000258. The van der Waals surface area contributed by atoms with Gasteiger partial charge in [0.25, 0.3) is 0 Å². The summed E-state index contributed by atoms with van der Waals surface area (Å²) in [6.07, 6.45) is 1.07. The number of nitrogens with zero attached hydrogens (tertiary/aromatic N) is 1. The molecular weight excluding hydrogens is 724 g/mol. The first-order chi connectivity index (χ1) is 25.9. The van der Waals surface area contributed by atoms with Gasteiger partial charge in [-0.1, -0.05) is 91.0 Å². The van der Waals surface area contributed by atoms with Crippen LogP contribution in [0.25, 0.3) is 0 Å². The third-order valence-electron chi connectivity index (χ3n) is 7.34. The van der Waals surface area contributed by atoms with E-state index in [1.165, 1.54) is 0 Å². The number of hydrogen-bond donors (Lipinski definition) is 7. The molecule has 0 aromatic heterocycles. The lowest BCUT2D eigenvalue weighted by Gasteiger charge is -2.12. The summed E-state index contributed by atoms with van der Waals surface area (Å²) in [6, 6.07) is 29.0. The number of carbonyl (C=O) groups is 3. The monoisotopic (exact) mass is 774 g/mol. The molecule has 6 rings (SSSR count). The molecule has 3 aromatic carbocycles. The first-order valence-electron chi connectivity index (χ1n) is 17.1. The number of hydrazine groups is 3. The summed E-state index contributed by atoms with van der Waals surface area (Å²) < 4.78 is 30.0. The van der Waals surface area contributed by atoms with Crippen LogP contribution in [0.15, 0.2) is 96.1 Å². The van der Waals surface area contributed by atoms with E-state index in [0.717, 1.165) is 61.5 Å². The maximum atomic E-state index is 11.3. The Hall–Kier alpha value is -4.85. The molecule has 18 heteroatoms. The van der Waals surface area contributed by atoms with Crippen LogP contribution < -0.4 is 38.8 Å². The second-order valence-corrected chi connectivity index (χ2v) is 11.5. The minimum absolute atomic E-state index is 0. The van der Waals surface area contributed by atoms with E-state index in [1.807, 2.05) is 96.4 Å². The molecule has 54 heavy (non-hydrogen) atoms. The molecule has 3 aliphatic heterocycles. The quantitative estimate of drug-likeness (QED) is 0.0679. The molecule has 0 saturated carbocycles. The SMILES string of the molecule is Cl.NNC(=O)OCc1ccccc1.NNC1CCOC1.O=C(N/N=C1\CCOC1)OCc1ccccc1.O=C(NNC1CCOC1)OCc1ccccc1. The van der Waals surface area contributed by atoms with Crippen LogP contribution in [0.5, 0.6) is 0 Å². The van der Waals surface area contributed by atoms with Crippen molar-refractivity contribution >= 4 is 36.4 Å². The van der Waals surface area contributed by atoms with E-state index in [2.05, 4.69) is 26.8 Å². The molecule has 0 aliphatic carbocycles. The molecule has 3 aliphatic rings. The average molecular weight is 775 g/mol. The van der Waals surface area contributed by atoms with Crippen molar-refractivity contribution in [1.29, 1.82) is 0 Å². The van der Waals surface area contributed by atoms with Gasteiger partial charge >= 0.3 is 18.3 Å². The summed E-state index contributed by atoms with van der Waals surface area (Å²) in [6.45, 7) is 4.90. The lowest BCUT2D eigenvalue weighted by atomic mass is 10.2. The summed E-state index contributed by atoms with van der Waals surface area (Å²) in [5, 5.41) is 3.90. The number of carbonyl (C=O) groups excluding carboxylic acids is 3. The highest BCUT2D eigenvalue weighted by molar-refractivity contribution is 5.87. The number of ether oxygens (including phenoxy) is 6. The van der Waals surface area contributed by atoms with Crippen molar-refractivity contribution in [3.8, 4) is 0 Å². The van der Waals surface area contributed by atoms with Gasteiger partial charge in [0.2, 0.25) is 0 Å². The fraction of sp³-hybridized carbons (Fsp3) is 0.389. The molecule has 3 aromatic rings. The van der Waals surface area contributed by atoms with E-state index < -0.39 is 18.3 Å². The smallest absolute Gasteiger partial charge is 0.428 e. The van der Waals surface area contributed by atoms with E-state index in [4.69, 9.17) is 40.1 Å². The van der Waals surface area contributed by atoms with Crippen LogP contribution in [0.2, 0.25) is 0 Å². The van der Waals surface area contributed by atoms with Crippen LogP contribution >= 0.6 is 12.4 Å². The fourth-order valence-electron chi connectivity index (χ4n) is 4.42. The Morgan fingerprint density at radius 2 is 1.13 bits per heavy atom. The van der Waals surface area contributed by atoms with Crippen LogP contribution in [0.1, 0.15) is 36.0 Å². The van der Waals surface area contributed by atoms with Crippen molar-refractivity contribution < 1.29 is 42.8 Å². The van der Waals surface area contributed by atoms with Gasteiger partial charge in [-0.2, -0.15) is 5.10 Å². The van der Waals surface area contributed by atoms with Crippen molar-refractivity contribution in [3.05, 3.63) is 108 Å². The van der Waals surface area contributed by atoms with Crippen LogP contribution in [0, 0.1) is 0 Å². The van der Waals surface area contributed by atoms with E-state index in [9.17, 15) is 14.4 Å². The molecular formula is C36H51ClN8O9. The zero-order valence-electron chi connectivity index (χ0n) is 30.0. The third-order valence-corrected chi connectivity index (χ3v) is 7.34. The molecule has 3 heterocycles. The number of nitrogens with two attached hydrogens (primary N) is 2. The fourth-order valence-corrected chi connectivity index (χ4v) is 4.42. The molecule has 9 N–H and O–H groups in total. The van der Waals surface area contributed by atoms with Gasteiger partial charge in [0.1, 0.15) is 19.8 Å². The Morgan fingerprint density at radius 3 is 1.54 bits per heavy atom. The first kappa shape index (κ1) is 45.3. The molecule has 0 spiro atoms. The van der Waals surface area contributed by atoms with Gasteiger partial charge in [-0.3, -0.25) is 22.1 Å². The average Bonchev–Trinajstić information content (AvgIpc) is 4.04. The highest BCUT2D eigenvalue weighted by Gasteiger charge is 2.16. The van der Waals surface area contributed by atoms with Gasteiger partial charge in [-0.05, 0) is 29.5 Å². The lowest BCUT2D eigenvalue weighted by Crippen LogP contribution is -2.44. The second kappa shape index (κ2) is 28.6. The number of benzene rings is 3. The lowest BCUT2D eigenvalue weighted by molar-refractivity contribution is 0.131. The summed E-state index contributed by atoms with van der Waals surface area (Å²) in [5.74, 6) is 9.92. The van der Waals surface area contributed by atoms with Crippen LogP contribution in [0.4, 0.5) is 14.4 Å². The number of amides is 3. The van der Waals surface area contributed by atoms with Crippen molar-refractivity contribution in [2.45, 2.75) is 51.2 Å². The number of rotatable bonds is 10. The number of hydrogen-bond acceptors (Lipinski definition) is 14. The van der Waals surface area contributed by atoms with Crippen molar-refractivity contribution in [3.63, 3.8) is 0 Å². The Labute approximate surface area is 321 Å². The highest BCUT2D eigenvalue weighted by atomic mass is 35.5. The van der Waals surface area contributed by atoms with Gasteiger partial charge in [0.05, 0.1) is 38.2 Å². The largest absolute Gasteiger partial charge is 0.444 e. The van der Waals surface area contributed by atoms with E-state index >= 15 is 0 Å². The summed E-state index contributed by atoms with van der Waals surface area (Å²) in [7, 11) is 0. The Morgan fingerprint density at radius 1 is 0.648 bits per heavy atom. The van der Waals surface area contributed by atoms with E-state index in [0.29, 0.717) is 25.9 Å². The zero-order chi connectivity index (χ0) is 37.8. The first-order valence-corrected chi connectivity index (χ1v) is 17.1. The third kappa shape index (κ3) is 21.0. The summed E-state index contributed by atoms with van der Waals surface area (Å²) in [4.78, 5) is 33.2. The standard InChI is InChI=1S/C12H16N2O3.C12H14N2O3.C8H10N2O2.C4H10N2O.ClH/c2*15-12(14-13-11-6-7-16-9-11)17-8-10-4-2-1-3-5-10;9-10-8(11)12-6-7-4-2-1-3-5-7;5-6-4-1-2-7-3-4;/h1-5,11,13H,6-9H2,(H,14,15);1-5H,6-9H2,(H,14,15);1-5H,6,9H2,(H,10,11);4,6H,1-3,5H2;1H/b;13-11+;;;. The van der Waals surface area contributed by atoms with Gasteiger partial charge in [0, 0.05) is 25.7 Å². The second-order valence-electron chi connectivity index (χ2n) is 11.5. The van der Waals surface area contributed by atoms with Gasteiger partial charge in [0.15, 0.2) is 0 Å². The molecule has 2 unspecified atom stereocenters. The van der Waals surface area contributed by atoms with Crippen LogP contribution in [-0.2, 0) is 48.2 Å². The minimum Gasteiger partial charge on any atom is -0.444 e. The highest BCUT2D eigenvalue weighted by Crippen LogP contribution is 2.04. The Bertz CT molecular complexity index is 1460. The molecule has 2 atom stereocenters. The van der Waals surface area contributed by atoms with Crippen molar-refractivity contribution in [2.75, 3.05) is 39.6 Å². The van der Waals surface area contributed by atoms with Crippen LogP contribution in [0.3, 0.4) is 0 Å². The number of hydrazone groups is 1. The number of nitrogens with one attached hydrogen (secondary N) is 5. The van der Waals surface area contributed by atoms with Crippen LogP contribution in [-0.4, -0.2) is 75.7 Å². The predicted molar refractivity (Wildman–Crippen MR) is 203 cm³/mol. The molecule has 296 valence electrons. The van der Waals surface area contributed by atoms with Gasteiger partial charge < -0.3 is 28.4 Å². The molecule has 0 bridgehead atoms. The predicted octanol–water partition coefficient (Wildman–Crippen LogP) is 3.34. The normalized spacial score (nSPS) is 17.4. The number of halogens is 1. The maximum Gasteiger partial charge on any atom is 0.428 e. The van der Waals surface area contributed by atoms with Crippen molar-refractivity contribution in [1.82, 2.24) is 27.1 Å². The molecule has 3 amide bonds. The molecule has 3 saturated heterocycles. The van der Waals surface area contributed by atoms with Gasteiger partial charge in [-0.15, -0.1) is 12.4 Å². The molecule has 17 nitrogen and oxygen atoms in total. The summed E-state index contributed by atoms with van der Waals surface area (Å²) in [5.41, 5.74) is 15.9.